The van der Waals surface area contributed by atoms with Crippen LogP contribution < -0.4 is 21.5 Å². The van der Waals surface area contributed by atoms with Crippen molar-refractivity contribution >= 4 is 54.6 Å². The van der Waals surface area contributed by atoms with Gasteiger partial charge >= 0.3 is 11.9 Å². The van der Waals surface area contributed by atoms with Crippen molar-refractivity contribution in [3.05, 3.63) is 52.4 Å². The molecular formula is C50H74N6O11Si. The quantitative estimate of drug-likeness (QED) is 0.0540. The van der Waals surface area contributed by atoms with Gasteiger partial charge in [-0.15, -0.1) is 5.10 Å². The summed E-state index contributed by atoms with van der Waals surface area (Å²) in [6.45, 7) is 21.0. The average Bonchev–Trinajstić information content (AvgIpc) is 3.25. The summed E-state index contributed by atoms with van der Waals surface area (Å²) < 4.78 is 31.4. The number of nitrogens with one attached hydrogen (secondary N) is 3. The Morgan fingerprint density at radius 3 is 2.43 bits per heavy atom. The third kappa shape index (κ3) is 13.5. The summed E-state index contributed by atoms with van der Waals surface area (Å²) in [4.78, 5) is 76.9. The molecule has 2 fully saturated rings. The van der Waals surface area contributed by atoms with Crippen LogP contribution in [0.1, 0.15) is 112 Å². The minimum Gasteiger partial charge on any atom is -0.462 e. The lowest BCUT2D eigenvalue weighted by atomic mass is 9.65. The molecule has 2 aliphatic carbocycles. The lowest BCUT2D eigenvalue weighted by Gasteiger charge is -2.44. The highest BCUT2D eigenvalue weighted by atomic mass is 28.4. The van der Waals surface area contributed by atoms with E-state index in [0.29, 0.717) is 63.4 Å². The molecule has 3 N–H and O–H groups in total. The fraction of sp³-hybridized carbons (Fsp3) is 0.680. The number of imide groups is 1. The minimum absolute atomic E-state index is 0.0249. The molecule has 2 saturated heterocycles. The van der Waals surface area contributed by atoms with Crippen LogP contribution in [0, 0.1) is 29.1 Å². The molecule has 3 heterocycles. The molecule has 374 valence electrons. The maximum absolute atomic E-state index is 13.9. The minimum atomic E-state index is -2.06. The van der Waals surface area contributed by atoms with Gasteiger partial charge in [-0.2, -0.15) is 4.68 Å². The van der Waals surface area contributed by atoms with Crippen LogP contribution in [0.25, 0.3) is 10.9 Å². The molecule has 0 radical (unpaired) electrons. The van der Waals surface area contributed by atoms with Gasteiger partial charge in [0.1, 0.15) is 23.8 Å². The molecule has 68 heavy (non-hydrogen) atoms. The number of hydrogen-bond donors (Lipinski definition) is 3. The number of allylic oxidation sites excluding steroid dienone is 3. The number of cyclic esters (lactones) is 1. The number of amides is 3. The van der Waals surface area contributed by atoms with Crippen molar-refractivity contribution in [1.29, 1.82) is 0 Å². The Labute approximate surface area is 401 Å². The predicted octanol–water partition coefficient (Wildman–Crippen LogP) is 6.33. The Morgan fingerprint density at radius 2 is 1.71 bits per heavy atom. The average molecular weight is 963 g/mol. The number of benzene rings is 1. The molecule has 0 saturated carbocycles. The summed E-state index contributed by atoms with van der Waals surface area (Å²) in [6.07, 6.45) is 10.1. The van der Waals surface area contributed by atoms with Crippen LogP contribution in [0.5, 0.6) is 0 Å². The zero-order valence-electron chi connectivity index (χ0n) is 41.5. The Kier molecular flexibility index (Phi) is 17.6. The van der Waals surface area contributed by atoms with Gasteiger partial charge in [0.25, 0.3) is 11.5 Å². The van der Waals surface area contributed by atoms with E-state index < -0.39 is 31.2 Å². The monoisotopic (exact) mass is 963 g/mol. The highest BCUT2D eigenvalue weighted by Gasteiger charge is 2.45. The zero-order chi connectivity index (χ0) is 49.4. The summed E-state index contributed by atoms with van der Waals surface area (Å²) in [5, 5.41) is 16.7. The highest BCUT2D eigenvalue weighted by molar-refractivity contribution is 6.74. The zero-order valence-corrected chi connectivity index (χ0v) is 42.5. The predicted molar refractivity (Wildman–Crippen MR) is 259 cm³/mol. The van der Waals surface area contributed by atoms with Gasteiger partial charge in [0, 0.05) is 44.0 Å². The van der Waals surface area contributed by atoms with E-state index in [4.69, 9.17) is 23.4 Å². The van der Waals surface area contributed by atoms with E-state index in [2.05, 4.69) is 92.2 Å². The maximum atomic E-state index is 13.9. The number of ether oxygens (including phenoxy) is 4. The van der Waals surface area contributed by atoms with Crippen molar-refractivity contribution < 1.29 is 47.3 Å². The first-order valence-electron chi connectivity index (χ1n) is 24.5. The van der Waals surface area contributed by atoms with E-state index in [1.165, 1.54) is 5.57 Å². The van der Waals surface area contributed by atoms with Gasteiger partial charge < -0.3 is 34.0 Å². The second kappa shape index (κ2) is 22.8. The second-order valence-corrected chi connectivity index (χ2v) is 26.0. The van der Waals surface area contributed by atoms with Crippen molar-refractivity contribution in [2.24, 2.45) is 29.1 Å². The lowest BCUT2D eigenvalue weighted by molar-refractivity contribution is -0.166. The highest BCUT2D eigenvalue weighted by Crippen LogP contribution is 2.46. The summed E-state index contributed by atoms with van der Waals surface area (Å²) in [5.74, 6) is -0.938. The normalized spacial score (nSPS) is 25.5. The number of carbonyl (C=O) groups is 5. The van der Waals surface area contributed by atoms with Crippen molar-refractivity contribution in [3.63, 3.8) is 0 Å². The molecule has 2 aliphatic heterocycles. The number of esters is 2. The summed E-state index contributed by atoms with van der Waals surface area (Å²) in [6, 6.07) is 4.23. The van der Waals surface area contributed by atoms with Crippen LogP contribution in [0.4, 0.5) is 5.69 Å². The van der Waals surface area contributed by atoms with Gasteiger partial charge in [0.15, 0.2) is 8.32 Å². The van der Waals surface area contributed by atoms with E-state index >= 15 is 0 Å². The van der Waals surface area contributed by atoms with Crippen LogP contribution in [0.3, 0.4) is 0 Å². The topological polar surface area (TPSA) is 215 Å². The van der Waals surface area contributed by atoms with Crippen molar-refractivity contribution in [1.82, 2.24) is 25.6 Å². The SMILES string of the molecule is CC1C=C2C=CC(C)C(CC[C@@H]3C[C@@H](O[Si](C)(C)C(C)(C)C)CC(=O)O3)C2C(OC(=O)C(C)(C)CCC(=O)NCCOCCOCCNc2cccc3nnn(C4CCC(=O)NC4=O)c(=O)c23)C1. The van der Waals surface area contributed by atoms with E-state index in [1.54, 1.807) is 18.2 Å². The van der Waals surface area contributed by atoms with E-state index in [9.17, 15) is 28.8 Å². The first kappa shape index (κ1) is 52.6. The van der Waals surface area contributed by atoms with E-state index in [1.807, 2.05) is 13.8 Å². The first-order valence-corrected chi connectivity index (χ1v) is 27.4. The van der Waals surface area contributed by atoms with Gasteiger partial charge in [-0.1, -0.05) is 64.1 Å². The first-order chi connectivity index (χ1) is 32.1. The molecule has 3 amide bonds. The molecule has 0 bridgehead atoms. The maximum Gasteiger partial charge on any atom is 0.311 e. The van der Waals surface area contributed by atoms with Gasteiger partial charge in [-0.25, -0.2) is 0 Å². The van der Waals surface area contributed by atoms with Crippen molar-refractivity contribution in [2.75, 3.05) is 44.8 Å². The number of rotatable bonds is 21. The van der Waals surface area contributed by atoms with Gasteiger partial charge in [0.2, 0.25) is 11.8 Å². The standard InChI is InChI=1S/C50H74N6O11Si/c1-31-27-33-14-13-32(2)36(16-15-34-29-35(30-43(59)65-34)67-68(8,9)49(3,4)5)44(33)40(28-31)66-48(62)50(6,7)20-19-41(57)52-22-24-64-26-25-63-23-21-51-37-11-10-12-38-45(37)47(61)56(55-54-38)39-17-18-42(58)53-46(39)60/h10-14,27,31-32,34-36,39-40,44,51H,15-26,28-30H2,1-9H3,(H,52,57)(H,53,58,60)/t31?,32?,34-,35-,36?,39?,40?,44?/m1/s1. The molecule has 8 atom stereocenters. The summed E-state index contributed by atoms with van der Waals surface area (Å²) in [7, 11) is -2.06. The fourth-order valence-corrected chi connectivity index (χ4v) is 10.8. The molecule has 4 aliphatic rings. The molecule has 6 rings (SSSR count). The third-order valence-electron chi connectivity index (χ3n) is 14.4. The largest absolute Gasteiger partial charge is 0.462 e. The number of fused-ring (bicyclic) bond motifs is 2. The Morgan fingerprint density at radius 1 is 0.971 bits per heavy atom. The third-order valence-corrected chi connectivity index (χ3v) is 18.9. The molecule has 18 heteroatoms. The number of nitrogens with zero attached hydrogens (tertiary/aromatic N) is 3. The Balaban J connectivity index is 0.890. The van der Waals surface area contributed by atoms with E-state index in [0.717, 1.165) is 23.9 Å². The van der Waals surface area contributed by atoms with Crippen LogP contribution in [0.2, 0.25) is 18.1 Å². The van der Waals surface area contributed by atoms with Crippen molar-refractivity contribution in [3.8, 4) is 0 Å². The van der Waals surface area contributed by atoms with Crippen LogP contribution in [-0.2, 0) is 47.3 Å². The molecule has 6 unspecified atom stereocenters. The summed E-state index contributed by atoms with van der Waals surface area (Å²) >= 11 is 0. The smallest absolute Gasteiger partial charge is 0.311 e. The van der Waals surface area contributed by atoms with Gasteiger partial charge in [0.05, 0.1) is 49.8 Å². The fourth-order valence-electron chi connectivity index (χ4n) is 9.43. The molecule has 1 aromatic carbocycles. The van der Waals surface area contributed by atoms with Crippen LogP contribution in [0.15, 0.2) is 46.8 Å². The Hall–Kier alpha value is -4.78. The van der Waals surface area contributed by atoms with Gasteiger partial charge in [-0.3, -0.25) is 34.1 Å². The van der Waals surface area contributed by atoms with E-state index in [-0.39, 0.29) is 102 Å². The number of aromatic nitrogens is 3. The molecule has 17 nitrogen and oxygen atoms in total. The second-order valence-electron chi connectivity index (χ2n) is 21.3. The molecule has 0 spiro atoms. The number of piperidine rings is 1. The van der Waals surface area contributed by atoms with Crippen LogP contribution >= 0.6 is 0 Å². The molecule has 1 aromatic heterocycles. The number of anilines is 1. The summed E-state index contributed by atoms with van der Waals surface area (Å²) in [5.41, 5.74) is 0.723. The Bertz CT molecular complexity index is 2270. The lowest BCUT2D eigenvalue weighted by Crippen LogP contribution is -2.47. The molecule has 2 aromatic rings. The number of hydrogen-bond acceptors (Lipinski definition) is 14. The van der Waals surface area contributed by atoms with Crippen LogP contribution in [-0.4, -0.2) is 111 Å². The van der Waals surface area contributed by atoms with Crippen molar-refractivity contribution in [2.45, 2.75) is 149 Å². The van der Waals surface area contributed by atoms with Gasteiger partial charge in [-0.05, 0) is 99.5 Å². The number of carbonyl (C=O) groups excluding carboxylic acids is 5. The molecular weight excluding hydrogens is 889 g/mol.